The zero-order valence-electron chi connectivity index (χ0n) is 21.7. The van der Waals surface area contributed by atoms with Gasteiger partial charge in [-0.15, -0.1) is 0 Å². The first-order valence-electron chi connectivity index (χ1n) is 13.8. The summed E-state index contributed by atoms with van der Waals surface area (Å²) in [5.74, 6) is 3.07. The highest BCUT2D eigenvalue weighted by Gasteiger charge is 2.55. The highest BCUT2D eigenvalue weighted by molar-refractivity contribution is 5.90. The molecule has 5 aliphatic rings. The predicted molar refractivity (Wildman–Crippen MR) is 137 cm³/mol. The highest BCUT2D eigenvalue weighted by Crippen LogP contribution is 2.60. The Hall–Kier alpha value is -2.08. The minimum absolute atomic E-state index is 0.0318. The Balaban J connectivity index is 1.27. The molecule has 1 aliphatic heterocycles. The van der Waals surface area contributed by atoms with E-state index in [2.05, 4.69) is 21.6 Å². The summed E-state index contributed by atoms with van der Waals surface area (Å²) >= 11 is 0. The van der Waals surface area contributed by atoms with Gasteiger partial charge in [0.2, 0.25) is 11.8 Å². The first kappa shape index (κ1) is 24.6. The van der Waals surface area contributed by atoms with Gasteiger partial charge in [0.05, 0.1) is 13.2 Å². The Kier molecular flexibility index (Phi) is 7.11. The summed E-state index contributed by atoms with van der Waals surface area (Å²) in [6.45, 7) is 6.62. The number of rotatable bonds is 9. The lowest BCUT2D eigenvalue weighted by Gasteiger charge is -2.55. The standard InChI is InChI=1S/C29H43N3O3/c1-19(2)26(31-28(34)29-15-20-12-21(16-29)14-22(13-20)17-29)27(33)30-18-24(32-10-6-7-11-32)23-8-4-5-9-25(23)35-3/h4-5,8-9,19-22,24,26H,6-7,10-18H2,1-3H3,(H,30,33)(H,31,34)/t20?,21?,22?,24-,26+,29?/m0/s1. The van der Waals surface area contributed by atoms with Crippen LogP contribution < -0.4 is 15.4 Å². The van der Waals surface area contributed by atoms with E-state index in [9.17, 15) is 9.59 Å². The Labute approximate surface area is 210 Å². The van der Waals surface area contributed by atoms with Crippen molar-refractivity contribution in [3.05, 3.63) is 29.8 Å². The summed E-state index contributed by atoms with van der Waals surface area (Å²) in [4.78, 5) is 29.6. The molecular formula is C29H43N3O3. The van der Waals surface area contributed by atoms with E-state index in [-0.39, 0.29) is 29.2 Å². The van der Waals surface area contributed by atoms with Crippen LogP contribution in [-0.4, -0.2) is 49.5 Å². The van der Waals surface area contributed by atoms with Crippen LogP contribution in [0.3, 0.4) is 0 Å². The van der Waals surface area contributed by atoms with Crippen molar-refractivity contribution in [1.82, 2.24) is 15.5 Å². The van der Waals surface area contributed by atoms with Crippen molar-refractivity contribution >= 4 is 11.8 Å². The summed E-state index contributed by atoms with van der Waals surface area (Å²) in [7, 11) is 1.70. The number of ether oxygens (including phenoxy) is 1. The summed E-state index contributed by atoms with van der Waals surface area (Å²) in [6.07, 6.45) is 9.32. The maximum absolute atomic E-state index is 13.7. The third kappa shape index (κ3) is 4.96. The van der Waals surface area contributed by atoms with E-state index in [0.717, 1.165) is 43.7 Å². The first-order chi connectivity index (χ1) is 16.9. The number of nitrogens with one attached hydrogen (secondary N) is 2. The van der Waals surface area contributed by atoms with Crippen LogP contribution >= 0.6 is 0 Å². The van der Waals surface area contributed by atoms with Crippen molar-refractivity contribution < 1.29 is 14.3 Å². The molecule has 4 bridgehead atoms. The quantitative estimate of drug-likeness (QED) is 0.552. The van der Waals surface area contributed by atoms with Crippen molar-refractivity contribution in [2.24, 2.45) is 29.1 Å². The van der Waals surface area contributed by atoms with E-state index >= 15 is 0 Å². The molecule has 0 aromatic heterocycles. The number of para-hydroxylation sites is 1. The van der Waals surface area contributed by atoms with Gasteiger partial charge in [-0.3, -0.25) is 14.5 Å². The van der Waals surface area contributed by atoms with Crippen molar-refractivity contribution in [1.29, 1.82) is 0 Å². The van der Waals surface area contributed by atoms with Gasteiger partial charge in [0.25, 0.3) is 0 Å². The van der Waals surface area contributed by atoms with E-state index in [1.807, 2.05) is 32.0 Å². The van der Waals surface area contributed by atoms with Crippen LogP contribution in [-0.2, 0) is 9.59 Å². The molecule has 0 unspecified atom stereocenters. The zero-order valence-corrected chi connectivity index (χ0v) is 21.7. The van der Waals surface area contributed by atoms with Crippen molar-refractivity contribution in [2.75, 3.05) is 26.7 Å². The average Bonchev–Trinajstić information content (AvgIpc) is 3.36. The first-order valence-corrected chi connectivity index (χ1v) is 13.8. The minimum Gasteiger partial charge on any atom is -0.496 e. The predicted octanol–water partition coefficient (Wildman–Crippen LogP) is 4.31. The van der Waals surface area contributed by atoms with Crippen LogP contribution in [0.25, 0.3) is 0 Å². The summed E-state index contributed by atoms with van der Waals surface area (Å²) in [6, 6.07) is 7.66. The Morgan fingerprint density at radius 2 is 1.63 bits per heavy atom. The zero-order chi connectivity index (χ0) is 24.6. The molecule has 0 radical (unpaired) electrons. The van der Waals surface area contributed by atoms with E-state index in [1.165, 1.54) is 32.1 Å². The maximum atomic E-state index is 13.7. The second-order valence-corrected chi connectivity index (χ2v) is 12.1. The lowest BCUT2D eigenvalue weighted by molar-refractivity contribution is -0.149. The lowest BCUT2D eigenvalue weighted by atomic mass is 9.49. The van der Waals surface area contributed by atoms with Crippen molar-refractivity contribution in [3.63, 3.8) is 0 Å². The van der Waals surface area contributed by atoms with Gasteiger partial charge in [-0.25, -0.2) is 0 Å². The number of methoxy groups -OCH3 is 1. The number of benzene rings is 1. The minimum atomic E-state index is -0.507. The van der Waals surface area contributed by atoms with Crippen molar-refractivity contribution in [2.45, 2.75) is 77.3 Å². The molecule has 2 N–H and O–H groups in total. The number of hydrogen-bond acceptors (Lipinski definition) is 4. The van der Waals surface area contributed by atoms with E-state index in [4.69, 9.17) is 4.74 Å². The van der Waals surface area contributed by atoms with Crippen LogP contribution in [0, 0.1) is 29.1 Å². The SMILES string of the molecule is COc1ccccc1[C@H](CNC(=O)[C@H](NC(=O)C12CC3CC(CC(C3)C1)C2)C(C)C)N1CCCC1. The number of nitrogens with zero attached hydrogens (tertiary/aromatic N) is 1. The van der Waals surface area contributed by atoms with Crippen LogP contribution in [0.5, 0.6) is 5.75 Å². The molecule has 35 heavy (non-hydrogen) atoms. The third-order valence-corrected chi connectivity index (χ3v) is 9.30. The van der Waals surface area contributed by atoms with E-state index in [1.54, 1.807) is 7.11 Å². The number of amides is 2. The maximum Gasteiger partial charge on any atom is 0.242 e. The monoisotopic (exact) mass is 481 g/mol. The molecule has 2 atom stereocenters. The molecule has 6 rings (SSSR count). The fraction of sp³-hybridized carbons (Fsp3) is 0.724. The van der Waals surface area contributed by atoms with E-state index < -0.39 is 6.04 Å². The van der Waals surface area contributed by atoms with Crippen LogP contribution in [0.1, 0.15) is 76.8 Å². The van der Waals surface area contributed by atoms with Gasteiger partial charge in [0.15, 0.2) is 0 Å². The molecule has 1 saturated heterocycles. The number of carbonyl (C=O) groups excluding carboxylic acids is 2. The van der Waals surface area contributed by atoms with Gasteiger partial charge in [-0.1, -0.05) is 32.0 Å². The fourth-order valence-corrected chi connectivity index (χ4v) is 7.96. The molecule has 1 heterocycles. The number of carbonyl (C=O) groups is 2. The van der Waals surface area contributed by atoms with Crippen LogP contribution in [0.15, 0.2) is 24.3 Å². The number of hydrogen-bond donors (Lipinski definition) is 2. The second kappa shape index (κ2) is 10.1. The molecule has 6 heteroatoms. The van der Waals surface area contributed by atoms with Gasteiger partial charge >= 0.3 is 0 Å². The topological polar surface area (TPSA) is 70.7 Å². The molecule has 4 aliphatic carbocycles. The average molecular weight is 482 g/mol. The Morgan fingerprint density at radius 3 is 2.20 bits per heavy atom. The van der Waals surface area contributed by atoms with Crippen LogP contribution in [0.2, 0.25) is 0 Å². The summed E-state index contributed by atoms with van der Waals surface area (Å²) < 4.78 is 5.65. The smallest absolute Gasteiger partial charge is 0.242 e. The van der Waals surface area contributed by atoms with Crippen molar-refractivity contribution in [3.8, 4) is 5.75 Å². The highest BCUT2D eigenvalue weighted by atomic mass is 16.5. The molecule has 6 nitrogen and oxygen atoms in total. The third-order valence-electron chi connectivity index (χ3n) is 9.30. The summed E-state index contributed by atoms with van der Waals surface area (Å²) in [5, 5.41) is 6.46. The van der Waals surface area contributed by atoms with Gasteiger partial charge in [-0.2, -0.15) is 0 Å². The molecular weight excluding hydrogens is 438 g/mol. The molecule has 0 spiro atoms. The molecule has 1 aromatic rings. The molecule has 4 saturated carbocycles. The fourth-order valence-electron chi connectivity index (χ4n) is 7.96. The molecule has 192 valence electrons. The van der Waals surface area contributed by atoms with Gasteiger partial charge in [0, 0.05) is 17.5 Å². The van der Waals surface area contributed by atoms with Gasteiger partial charge in [0.1, 0.15) is 11.8 Å². The number of likely N-dealkylation sites (tertiary alicyclic amines) is 1. The van der Waals surface area contributed by atoms with Crippen LogP contribution in [0.4, 0.5) is 0 Å². The largest absolute Gasteiger partial charge is 0.496 e. The van der Waals surface area contributed by atoms with Gasteiger partial charge < -0.3 is 15.4 Å². The molecule has 5 fully saturated rings. The van der Waals surface area contributed by atoms with E-state index in [0.29, 0.717) is 24.3 Å². The molecule has 1 aromatic carbocycles. The Bertz CT molecular complexity index is 888. The Morgan fingerprint density at radius 1 is 1.03 bits per heavy atom. The lowest BCUT2D eigenvalue weighted by Crippen LogP contribution is -2.58. The second-order valence-electron chi connectivity index (χ2n) is 12.1. The molecule has 2 amide bonds. The normalized spacial score (nSPS) is 31.4. The van der Waals surface area contributed by atoms with Gasteiger partial charge in [-0.05, 0) is 94.2 Å². The summed E-state index contributed by atoms with van der Waals surface area (Å²) in [5.41, 5.74) is 0.869.